The summed E-state index contributed by atoms with van der Waals surface area (Å²) in [5, 5.41) is 9.36. The van der Waals surface area contributed by atoms with E-state index < -0.39 is 5.92 Å². The normalized spacial score (nSPS) is 21.1. The first-order valence-corrected chi connectivity index (χ1v) is 13.1. The van der Waals surface area contributed by atoms with E-state index in [0.29, 0.717) is 29.0 Å². The molecule has 0 unspecified atom stereocenters. The molecule has 9 heteroatoms. The van der Waals surface area contributed by atoms with E-state index in [4.69, 9.17) is 0 Å². The van der Waals surface area contributed by atoms with E-state index >= 15 is 0 Å². The molecule has 2 aliphatic carbocycles. The van der Waals surface area contributed by atoms with Crippen molar-refractivity contribution >= 4 is 22.4 Å². The molecule has 2 aromatic heterocycles. The number of benzene rings is 1. The molecule has 5 rings (SSSR count). The van der Waals surface area contributed by atoms with Gasteiger partial charge in [-0.3, -0.25) is 4.79 Å². The summed E-state index contributed by atoms with van der Waals surface area (Å²) in [7, 11) is 3.65. The third kappa shape index (κ3) is 4.96. The molecule has 0 saturated heterocycles. The summed E-state index contributed by atoms with van der Waals surface area (Å²) in [6.07, 6.45) is 3.16. The van der Waals surface area contributed by atoms with Crippen LogP contribution in [-0.2, 0) is 7.05 Å². The van der Waals surface area contributed by atoms with Gasteiger partial charge in [0.1, 0.15) is 23.1 Å². The van der Waals surface area contributed by atoms with Crippen LogP contribution >= 0.6 is 0 Å². The van der Waals surface area contributed by atoms with Crippen LogP contribution in [0.1, 0.15) is 49.8 Å². The first-order chi connectivity index (χ1) is 18.1. The van der Waals surface area contributed by atoms with Crippen molar-refractivity contribution in [2.24, 2.45) is 13.0 Å². The second-order valence-corrected chi connectivity index (χ2v) is 10.9. The fourth-order valence-corrected chi connectivity index (χ4v) is 6.17. The zero-order valence-electron chi connectivity index (χ0n) is 21.9. The van der Waals surface area contributed by atoms with Crippen LogP contribution in [0.3, 0.4) is 0 Å². The molecule has 0 bridgehead atoms. The zero-order chi connectivity index (χ0) is 27.2. The van der Waals surface area contributed by atoms with Crippen LogP contribution in [0.15, 0.2) is 41.2 Å². The van der Waals surface area contributed by atoms with Gasteiger partial charge >= 0.3 is 0 Å². The van der Waals surface area contributed by atoms with Gasteiger partial charge in [-0.05, 0) is 74.4 Å². The number of hydrogen-bond donors (Lipinski definition) is 0. The predicted molar refractivity (Wildman–Crippen MR) is 142 cm³/mol. The van der Waals surface area contributed by atoms with E-state index in [1.165, 1.54) is 16.7 Å². The van der Waals surface area contributed by atoms with Gasteiger partial charge < -0.3 is 14.4 Å². The van der Waals surface area contributed by atoms with E-state index in [1.54, 1.807) is 31.3 Å². The highest BCUT2D eigenvalue weighted by Crippen LogP contribution is 2.44. The third-order valence-corrected chi connectivity index (χ3v) is 8.32. The predicted octanol–water partition coefficient (Wildman–Crippen LogP) is 5.55. The van der Waals surface area contributed by atoms with E-state index in [1.807, 2.05) is 14.0 Å². The average Bonchev–Trinajstić information content (AvgIpc) is 2.88. The van der Waals surface area contributed by atoms with Gasteiger partial charge in [0.2, 0.25) is 5.92 Å². The highest BCUT2D eigenvalue weighted by atomic mass is 19.3. The Bertz CT molecular complexity index is 1450. The molecule has 200 valence electrons. The van der Waals surface area contributed by atoms with Gasteiger partial charge in [-0.1, -0.05) is 0 Å². The standard InChI is InChI=1S/C29H32F3N5O/c1-18-12-20(30)4-10-24(18)37(17-19-14-29(31,32)15-19)23-8-6-22(7-9-23)35(2)26-13-27(38)36(3)25-11-5-21(16-33)34-28(25)26/h4-5,10-13,19,22-23H,6-9,14-15,17H2,1-3H3/t22-,23+. The lowest BCUT2D eigenvalue weighted by atomic mass is 9.80. The number of rotatable bonds is 6. The summed E-state index contributed by atoms with van der Waals surface area (Å²) >= 11 is 0. The molecule has 2 aliphatic rings. The minimum Gasteiger partial charge on any atom is -0.370 e. The van der Waals surface area contributed by atoms with Gasteiger partial charge in [0.25, 0.3) is 5.56 Å². The average molecular weight is 524 g/mol. The van der Waals surface area contributed by atoms with E-state index in [9.17, 15) is 23.2 Å². The molecule has 38 heavy (non-hydrogen) atoms. The van der Waals surface area contributed by atoms with Crippen molar-refractivity contribution in [1.82, 2.24) is 9.55 Å². The van der Waals surface area contributed by atoms with Gasteiger partial charge in [-0.2, -0.15) is 5.26 Å². The molecule has 2 fully saturated rings. The van der Waals surface area contributed by atoms with Crippen LogP contribution in [-0.4, -0.2) is 41.1 Å². The van der Waals surface area contributed by atoms with Crippen LogP contribution in [0, 0.1) is 30.0 Å². The molecular formula is C29H32F3N5O. The van der Waals surface area contributed by atoms with E-state index in [0.717, 1.165) is 36.9 Å². The van der Waals surface area contributed by atoms with Crippen LogP contribution < -0.4 is 15.4 Å². The van der Waals surface area contributed by atoms with Crippen molar-refractivity contribution in [3.63, 3.8) is 0 Å². The molecule has 0 amide bonds. The Balaban J connectivity index is 1.37. The summed E-state index contributed by atoms with van der Waals surface area (Å²) in [5.74, 6) is -2.97. The largest absolute Gasteiger partial charge is 0.370 e. The van der Waals surface area contributed by atoms with Gasteiger partial charge in [-0.15, -0.1) is 0 Å². The lowest BCUT2D eigenvalue weighted by Crippen LogP contribution is -2.49. The van der Waals surface area contributed by atoms with Crippen molar-refractivity contribution in [1.29, 1.82) is 5.26 Å². The zero-order valence-corrected chi connectivity index (χ0v) is 21.9. The third-order valence-electron chi connectivity index (χ3n) is 8.32. The summed E-state index contributed by atoms with van der Waals surface area (Å²) in [5.41, 5.74) is 3.85. The highest BCUT2D eigenvalue weighted by molar-refractivity contribution is 5.88. The molecule has 0 aliphatic heterocycles. The van der Waals surface area contributed by atoms with Crippen LogP contribution in [0.5, 0.6) is 0 Å². The minimum atomic E-state index is -2.58. The number of hydrogen-bond acceptors (Lipinski definition) is 5. The Morgan fingerprint density at radius 1 is 1.08 bits per heavy atom. The number of aryl methyl sites for hydroxylation is 2. The van der Waals surface area contributed by atoms with Gasteiger partial charge in [0.15, 0.2) is 0 Å². The topological polar surface area (TPSA) is 65.2 Å². The SMILES string of the molecule is Cc1cc(F)ccc1N(CC1CC(F)(F)C1)[C@H]1CC[C@@H](N(C)c2cc(=O)n(C)c3ccc(C#N)nc23)CC1. The molecule has 0 radical (unpaired) electrons. The lowest BCUT2D eigenvalue weighted by Gasteiger charge is -2.45. The molecule has 2 heterocycles. The lowest BCUT2D eigenvalue weighted by molar-refractivity contribution is -0.107. The number of alkyl halides is 2. The van der Waals surface area contributed by atoms with Crippen molar-refractivity contribution in [3.05, 3.63) is 63.8 Å². The Morgan fingerprint density at radius 3 is 2.39 bits per heavy atom. The van der Waals surface area contributed by atoms with Crippen molar-refractivity contribution in [2.45, 2.75) is 63.5 Å². The van der Waals surface area contributed by atoms with Crippen molar-refractivity contribution < 1.29 is 13.2 Å². The number of pyridine rings is 2. The number of halogens is 3. The smallest absolute Gasteiger partial charge is 0.252 e. The molecule has 0 spiro atoms. The molecular weight excluding hydrogens is 491 g/mol. The van der Waals surface area contributed by atoms with Gasteiger partial charge in [-0.25, -0.2) is 18.2 Å². The molecule has 6 nitrogen and oxygen atoms in total. The number of fused-ring (bicyclic) bond motifs is 1. The monoisotopic (exact) mass is 523 g/mol. The maximum absolute atomic E-state index is 13.8. The second kappa shape index (κ2) is 9.97. The van der Waals surface area contributed by atoms with Crippen LogP contribution in [0.4, 0.5) is 24.5 Å². The van der Waals surface area contributed by atoms with E-state index in [2.05, 4.69) is 20.9 Å². The number of nitriles is 1. The number of nitrogens with zero attached hydrogens (tertiary/aromatic N) is 5. The fourth-order valence-electron chi connectivity index (χ4n) is 6.17. The summed E-state index contributed by atoms with van der Waals surface area (Å²) in [4.78, 5) is 21.5. The summed E-state index contributed by atoms with van der Waals surface area (Å²) in [6.45, 7) is 2.40. The maximum atomic E-state index is 13.8. The fraction of sp³-hybridized carbons (Fsp3) is 0.483. The molecule has 3 aromatic rings. The Hall–Kier alpha value is -3.54. The van der Waals surface area contributed by atoms with E-state index in [-0.39, 0.29) is 42.2 Å². The Kier molecular flexibility index (Phi) is 6.84. The first-order valence-electron chi connectivity index (χ1n) is 13.1. The number of anilines is 2. The second-order valence-electron chi connectivity index (χ2n) is 10.9. The van der Waals surface area contributed by atoms with Crippen LogP contribution in [0.2, 0.25) is 0 Å². The molecule has 0 atom stereocenters. The van der Waals surface area contributed by atoms with Crippen LogP contribution in [0.25, 0.3) is 11.0 Å². The Labute approximate surface area is 220 Å². The molecule has 0 N–H and O–H groups in total. The number of aromatic nitrogens is 2. The van der Waals surface area contributed by atoms with Gasteiger partial charge in [0.05, 0.1) is 11.2 Å². The first kappa shape index (κ1) is 26.1. The quantitative estimate of drug-likeness (QED) is 0.424. The van der Waals surface area contributed by atoms with Gasteiger partial charge in [0, 0.05) is 57.3 Å². The minimum absolute atomic E-state index is 0.0813. The summed E-state index contributed by atoms with van der Waals surface area (Å²) in [6, 6.07) is 12.0. The highest BCUT2D eigenvalue weighted by Gasteiger charge is 2.46. The Morgan fingerprint density at radius 2 is 1.76 bits per heavy atom. The summed E-state index contributed by atoms with van der Waals surface area (Å²) < 4.78 is 42.6. The van der Waals surface area contributed by atoms with Crippen molar-refractivity contribution in [2.75, 3.05) is 23.4 Å². The molecule has 2 saturated carbocycles. The van der Waals surface area contributed by atoms with Crippen molar-refractivity contribution in [3.8, 4) is 6.07 Å². The molecule has 1 aromatic carbocycles. The maximum Gasteiger partial charge on any atom is 0.252 e.